The number of rotatable bonds is 3. The molecule has 0 aliphatic heterocycles. The molecule has 1 aromatic rings. The second-order valence-corrected chi connectivity index (χ2v) is 4.17. The number of hydrogen-bond donors (Lipinski definition) is 0. The van der Waals surface area contributed by atoms with E-state index in [4.69, 9.17) is 0 Å². The van der Waals surface area contributed by atoms with Crippen molar-refractivity contribution in [1.82, 2.24) is 0 Å². The molecule has 0 heterocycles. The van der Waals surface area contributed by atoms with E-state index in [0.717, 1.165) is 4.46 Å². The molecule has 0 saturated heterocycles. The van der Waals surface area contributed by atoms with Crippen LogP contribution < -0.4 is 78.5 Å². The molecular formula is C8H7CsO2Se. The summed E-state index contributed by atoms with van der Waals surface area (Å²) in [5.41, 5.74) is 0. The van der Waals surface area contributed by atoms with Crippen LogP contribution >= 0.6 is 0 Å². The summed E-state index contributed by atoms with van der Waals surface area (Å²) in [7, 11) is 0. The Hall–Kier alpha value is 1.26. The van der Waals surface area contributed by atoms with Crippen molar-refractivity contribution < 1.29 is 78.8 Å². The van der Waals surface area contributed by atoms with Crippen molar-refractivity contribution in [3.05, 3.63) is 30.3 Å². The summed E-state index contributed by atoms with van der Waals surface area (Å²) in [5.74, 6) is -0.964. The minimum atomic E-state index is -0.964. The third kappa shape index (κ3) is 5.83. The van der Waals surface area contributed by atoms with Crippen molar-refractivity contribution in [2.24, 2.45) is 0 Å². The number of benzene rings is 1. The van der Waals surface area contributed by atoms with E-state index >= 15 is 0 Å². The first-order valence-electron chi connectivity index (χ1n) is 3.17. The summed E-state index contributed by atoms with van der Waals surface area (Å²) in [4.78, 5) is 10.1. The van der Waals surface area contributed by atoms with E-state index in [1.807, 2.05) is 30.3 Å². The molecule has 4 heteroatoms. The monoisotopic (exact) mass is 348 g/mol. The summed E-state index contributed by atoms with van der Waals surface area (Å²) in [6, 6.07) is 9.60. The summed E-state index contributed by atoms with van der Waals surface area (Å²) in [6.45, 7) is 0. The maximum atomic E-state index is 10.1. The molecule has 0 aromatic heterocycles. The zero-order valence-electron chi connectivity index (χ0n) is 6.82. The Morgan fingerprint density at radius 2 is 1.92 bits per heavy atom. The number of aliphatic carboxylic acids is 1. The third-order valence-corrected chi connectivity index (χ3v) is 3.17. The third-order valence-electron chi connectivity index (χ3n) is 1.10. The van der Waals surface area contributed by atoms with E-state index in [1.54, 1.807) is 0 Å². The van der Waals surface area contributed by atoms with Gasteiger partial charge in [0.15, 0.2) is 0 Å². The Morgan fingerprint density at radius 3 is 2.42 bits per heavy atom. The molecule has 0 atom stereocenters. The number of carboxylic acids is 1. The van der Waals surface area contributed by atoms with Gasteiger partial charge in [-0.2, -0.15) is 0 Å². The van der Waals surface area contributed by atoms with Crippen LogP contribution in [0.25, 0.3) is 0 Å². The molecule has 0 aliphatic carbocycles. The SMILES string of the molecule is O=C([O-])C[Se]c1ccccc1.[Cs+]. The molecule has 0 spiro atoms. The minimum Gasteiger partial charge on any atom is 1.00 e. The number of hydrogen-bond acceptors (Lipinski definition) is 2. The van der Waals surface area contributed by atoms with Crippen LogP contribution in [0.2, 0.25) is 5.32 Å². The molecule has 1 aromatic carbocycles. The molecule has 0 amide bonds. The summed E-state index contributed by atoms with van der Waals surface area (Å²) in [5, 5.41) is 10.2. The fourth-order valence-corrected chi connectivity index (χ4v) is 1.99. The van der Waals surface area contributed by atoms with Crippen LogP contribution in [0.4, 0.5) is 0 Å². The predicted molar refractivity (Wildman–Crippen MR) is 41.6 cm³/mol. The van der Waals surface area contributed by atoms with Crippen molar-refractivity contribution in [3.63, 3.8) is 0 Å². The smallest absolute Gasteiger partial charge is 1.00 e. The van der Waals surface area contributed by atoms with E-state index in [9.17, 15) is 9.90 Å². The first-order valence-corrected chi connectivity index (χ1v) is 5.23. The van der Waals surface area contributed by atoms with Crippen molar-refractivity contribution in [3.8, 4) is 0 Å². The van der Waals surface area contributed by atoms with E-state index in [1.165, 1.54) is 0 Å². The fraction of sp³-hybridized carbons (Fsp3) is 0.125. The molecule has 0 aliphatic rings. The topological polar surface area (TPSA) is 40.1 Å². The van der Waals surface area contributed by atoms with Crippen molar-refractivity contribution in [2.45, 2.75) is 5.32 Å². The molecule has 0 bridgehead atoms. The Balaban J connectivity index is 0.00000121. The van der Waals surface area contributed by atoms with Gasteiger partial charge in [0.25, 0.3) is 0 Å². The van der Waals surface area contributed by atoms with Crippen LogP contribution in [0.1, 0.15) is 0 Å². The van der Waals surface area contributed by atoms with E-state index in [0.29, 0.717) is 0 Å². The average molecular weight is 347 g/mol. The second kappa shape index (κ2) is 7.65. The van der Waals surface area contributed by atoms with Crippen molar-refractivity contribution in [1.29, 1.82) is 0 Å². The number of carbonyl (C=O) groups is 1. The molecule has 0 radical (unpaired) electrons. The fourth-order valence-electron chi connectivity index (χ4n) is 0.659. The maximum absolute atomic E-state index is 10.1. The standard InChI is InChI=1S/C8H8O2Se.Cs/c9-8(10)6-11-7-4-2-1-3-5-7;/h1-5H,6H2,(H,9,10);/q;+1/p-1. The summed E-state index contributed by atoms with van der Waals surface area (Å²) in [6.07, 6.45) is 0. The molecule has 2 nitrogen and oxygen atoms in total. The molecule has 0 fully saturated rings. The minimum absolute atomic E-state index is 0. The van der Waals surface area contributed by atoms with Gasteiger partial charge in [-0.15, -0.1) is 0 Å². The molecular weight excluding hydrogens is 340 g/mol. The van der Waals surface area contributed by atoms with Gasteiger partial charge < -0.3 is 0 Å². The zero-order chi connectivity index (χ0) is 8.10. The van der Waals surface area contributed by atoms with Gasteiger partial charge in [0, 0.05) is 0 Å². The second-order valence-electron chi connectivity index (χ2n) is 1.97. The Bertz CT molecular complexity index is 238. The van der Waals surface area contributed by atoms with Gasteiger partial charge in [-0.25, -0.2) is 0 Å². The van der Waals surface area contributed by atoms with Gasteiger partial charge in [-0.1, -0.05) is 0 Å². The first kappa shape index (κ1) is 13.3. The number of carboxylic acid groups (broad SMARTS) is 1. The molecule has 0 N–H and O–H groups in total. The van der Waals surface area contributed by atoms with Crippen molar-refractivity contribution >= 4 is 25.4 Å². The normalized spacial score (nSPS) is 8.67. The van der Waals surface area contributed by atoms with Gasteiger partial charge >= 0.3 is 140 Å². The van der Waals surface area contributed by atoms with Gasteiger partial charge in [-0.05, 0) is 0 Å². The number of carbonyl (C=O) groups excluding carboxylic acids is 1. The average Bonchev–Trinajstić information content (AvgIpc) is 2.03. The molecule has 0 saturated carbocycles. The summed E-state index contributed by atoms with van der Waals surface area (Å²) < 4.78 is 1.10. The molecule has 12 heavy (non-hydrogen) atoms. The van der Waals surface area contributed by atoms with E-state index in [-0.39, 0.29) is 89.2 Å². The largest absolute Gasteiger partial charge is 1.00 e. The van der Waals surface area contributed by atoms with Gasteiger partial charge in [0.05, 0.1) is 0 Å². The van der Waals surface area contributed by atoms with Crippen LogP contribution in [0.3, 0.4) is 0 Å². The van der Waals surface area contributed by atoms with Crippen LogP contribution in [-0.4, -0.2) is 20.9 Å². The maximum Gasteiger partial charge on any atom is 1.00 e. The van der Waals surface area contributed by atoms with E-state index in [2.05, 4.69) is 0 Å². The first-order chi connectivity index (χ1) is 5.29. The predicted octanol–water partition coefficient (Wildman–Crippen LogP) is -3.81. The van der Waals surface area contributed by atoms with Gasteiger partial charge in [-0.3, -0.25) is 0 Å². The Kier molecular flexibility index (Phi) is 8.45. The van der Waals surface area contributed by atoms with Crippen LogP contribution in [0.5, 0.6) is 0 Å². The Labute approximate surface area is 137 Å². The molecule has 58 valence electrons. The quantitative estimate of drug-likeness (QED) is 0.526. The Morgan fingerprint density at radius 1 is 1.33 bits per heavy atom. The summed E-state index contributed by atoms with van der Waals surface area (Å²) >= 11 is 0.0279. The van der Waals surface area contributed by atoms with Gasteiger partial charge in [0.2, 0.25) is 0 Å². The molecule has 0 unspecified atom stereocenters. The van der Waals surface area contributed by atoms with E-state index < -0.39 is 5.97 Å². The van der Waals surface area contributed by atoms with Crippen LogP contribution in [0, 0.1) is 0 Å². The van der Waals surface area contributed by atoms with Gasteiger partial charge in [0.1, 0.15) is 0 Å². The molecule has 1 rings (SSSR count). The van der Waals surface area contributed by atoms with Crippen LogP contribution in [-0.2, 0) is 4.79 Å². The zero-order valence-corrected chi connectivity index (χ0v) is 14.8. The van der Waals surface area contributed by atoms with Crippen LogP contribution in [0.15, 0.2) is 30.3 Å². The van der Waals surface area contributed by atoms with Crippen molar-refractivity contribution in [2.75, 3.05) is 0 Å².